The number of hydrogen-bond acceptors (Lipinski definition) is 14. The first-order chi connectivity index (χ1) is 9.74. The molecule has 25 heavy (non-hydrogen) atoms. The minimum absolute atomic E-state index is 0. The van der Waals surface area contributed by atoms with Crippen molar-refractivity contribution in [1.82, 2.24) is 0 Å². The number of phosphoric acid groups is 2. The molecule has 14 nitrogen and oxygen atoms in total. The Kier molecular flexibility index (Phi) is 81.8. The maximum absolute atomic E-state index is 8.55. The molecule has 0 radical (unpaired) electrons. The first kappa shape index (κ1) is 50.5. The largest absolute Gasteiger partial charge is 2.00 e. The van der Waals surface area contributed by atoms with Crippen molar-refractivity contribution in [3.8, 4) is 0 Å². The Balaban J connectivity index is -0.0000000235. The van der Waals surface area contributed by atoms with Crippen LogP contribution in [0.3, 0.4) is 0 Å². The van der Waals surface area contributed by atoms with E-state index in [-0.39, 0.29) is 58.4 Å². The summed E-state index contributed by atoms with van der Waals surface area (Å²) in [4.78, 5) is 51.3. The van der Waals surface area contributed by atoms with Gasteiger partial charge in [-0.05, 0) is 0 Å². The molecule has 0 spiro atoms. The quantitative estimate of drug-likeness (QED) is 0.136. The van der Waals surface area contributed by atoms with E-state index in [9.17, 15) is 0 Å². The second-order valence-electron chi connectivity index (χ2n) is 2.63. The van der Waals surface area contributed by atoms with E-state index < -0.39 is 15.6 Å². The summed E-state index contributed by atoms with van der Waals surface area (Å²) in [5.41, 5.74) is 29.4. The Bertz CT molecular complexity index is 223. The zero-order valence-electron chi connectivity index (χ0n) is 14.0. The van der Waals surface area contributed by atoms with Crippen LogP contribution in [0.4, 0.5) is 0 Å². The molecule has 0 rings (SSSR count). The zero-order valence-corrected chi connectivity index (χ0v) is 24.7. The van der Waals surface area contributed by atoms with Gasteiger partial charge in [-0.3, -0.25) is 0 Å². The Morgan fingerprint density at radius 1 is 0.440 bits per heavy atom. The predicted molar refractivity (Wildman–Crippen MR) is 69.5 cm³/mol. The molecule has 0 aromatic rings. The van der Waals surface area contributed by atoms with Gasteiger partial charge in [-0.15, -0.1) is 0 Å². The van der Waals surface area contributed by atoms with E-state index in [4.69, 9.17) is 72.9 Å². The van der Waals surface area contributed by atoms with Crippen molar-refractivity contribution in [2.24, 2.45) is 34.4 Å². The number of rotatable bonds is 3. The molecule has 0 aliphatic rings. The van der Waals surface area contributed by atoms with E-state index in [0.717, 1.165) is 0 Å². The average molecular weight is 566 g/mol. The minimum atomic E-state index is -5.39. The molecule has 0 atom stereocenters. The monoisotopic (exact) mass is 562 g/mol. The normalized spacial score (nSPS) is 8.32. The fourth-order valence-corrected chi connectivity index (χ4v) is 0. The smallest absolute Gasteiger partial charge is 0.822 e. The Morgan fingerprint density at radius 3 is 0.480 bits per heavy atom. The van der Waals surface area contributed by atoms with Gasteiger partial charge in [0, 0.05) is 39.3 Å². The van der Waals surface area contributed by atoms with Gasteiger partial charge in [0.1, 0.15) is 0 Å². The summed E-state index contributed by atoms with van der Waals surface area (Å²) in [5, 5.41) is 0. The molecule has 0 aliphatic carbocycles. The summed E-state index contributed by atoms with van der Waals surface area (Å²) < 4.78 is 17.1. The summed E-state index contributed by atoms with van der Waals surface area (Å²) >= 11 is 0. The maximum atomic E-state index is 8.55. The molecule has 0 heterocycles. The molecule has 0 aliphatic heterocycles. The van der Waals surface area contributed by atoms with Crippen LogP contribution in [0.2, 0.25) is 0 Å². The van der Waals surface area contributed by atoms with E-state index in [1.165, 1.54) is 0 Å². The predicted octanol–water partition coefficient (Wildman–Crippen LogP) is -8.95. The molecule has 0 saturated carbocycles. The first-order valence-electron chi connectivity index (χ1n) is 5.41. The second kappa shape index (κ2) is 40.5. The van der Waals surface area contributed by atoms with Crippen LogP contribution in [0.25, 0.3) is 0 Å². The van der Waals surface area contributed by atoms with Crippen LogP contribution in [0.1, 0.15) is 0 Å². The second-order valence-corrected chi connectivity index (χ2v) is 4.42. The van der Waals surface area contributed by atoms with Crippen LogP contribution in [0, 0.1) is 0 Å². The van der Waals surface area contributed by atoms with Crippen molar-refractivity contribution in [1.29, 1.82) is 0 Å². The van der Waals surface area contributed by atoms with Gasteiger partial charge in [-0.25, -0.2) is 0 Å². The molecule has 0 unspecified atom stereocenters. The maximum Gasteiger partial charge on any atom is 2.00 e. The van der Waals surface area contributed by atoms with Crippen LogP contribution in [-0.2, 0) is 67.6 Å². The van der Waals surface area contributed by atoms with E-state index in [1.807, 2.05) is 0 Å². The van der Waals surface area contributed by atoms with Crippen LogP contribution in [0.15, 0.2) is 0 Å². The van der Waals surface area contributed by atoms with Crippen molar-refractivity contribution >= 4 is 15.6 Å². The van der Waals surface area contributed by atoms with Crippen LogP contribution < -0.4 is 63.8 Å². The molecule has 0 fully saturated rings. The van der Waals surface area contributed by atoms with Crippen LogP contribution in [-0.4, -0.2) is 39.3 Å². The summed E-state index contributed by atoms with van der Waals surface area (Å²) in [7, 11) is -10.8. The summed E-state index contributed by atoms with van der Waals surface area (Å²) in [6.45, 7) is 3.58. The molecular formula is C6H24N6O8P2Zn3. The van der Waals surface area contributed by atoms with E-state index in [1.54, 1.807) is 0 Å². The first-order valence-corrected chi connectivity index (χ1v) is 8.33. The third-order valence-corrected chi connectivity index (χ3v) is 0.500. The molecule has 0 amide bonds. The van der Waals surface area contributed by atoms with Gasteiger partial charge >= 0.3 is 58.4 Å². The molecule has 0 bridgehead atoms. The molecule has 0 aromatic carbocycles. The van der Waals surface area contributed by atoms with Gasteiger partial charge in [-0.2, -0.15) is 15.6 Å². The van der Waals surface area contributed by atoms with Crippen LogP contribution >= 0.6 is 15.6 Å². The molecular weight excluding hydrogens is 542 g/mol. The average Bonchev–Trinajstić information content (AvgIpc) is 2.35. The van der Waals surface area contributed by atoms with Gasteiger partial charge in [-0.1, -0.05) is 0 Å². The third kappa shape index (κ3) is 625. The van der Waals surface area contributed by atoms with Gasteiger partial charge < -0.3 is 72.9 Å². The van der Waals surface area contributed by atoms with Gasteiger partial charge in [0.25, 0.3) is 0 Å². The Hall–Kier alpha value is 1.85. The Labute approximate surface area is 185 Å². The molecule has 142 valence electrons. The van der Waals surface area contributed by atoms with Crippen molar-refractivity contribution in [2.75, 3.05) is 39.3 Å². The summed E-state index contributed by atoms with van der Waals surface area (Å²) in [6, 6.07) is 0. The minimum Gasteiger partial charge on any atom is -0.822 e. The van der Waals surface area contributed by atoms with E-state index in [2.05, 4.69) is 0 Å². The SMILES string of the molecule is NCCN.NCCN.NCCN.O=P([O-])([O-])[O-].O=P([O-])([O-])[O-].[Zn+2].[Zn+2].[Zn+2]. The fourth-order valence-electron chi connectivity index (χ4n) is 0. The summed E-state index contributed by atoms with van der Waals surface area (Å²) in [6.07, 6.45) is 0. The fraction of sp³-hybridized carbons (Fsp3) is 1.00. The molecule has 0 saturated heterocycles. The van der Waals surface area contributed by atoms with Crippen molar-refractivity contribution in [3.05, 3.63) is 0 Å². The topological polar surface area (TPSA) is 329 Å². The Morgan fingerprint density at radius 2 is 0.480 bits per heavy atom. The molecule has 19 heteroatoms. The molecule has 12 N–H and O–H groups in total. The van der Waals surface area contributed by atoms with Gasteiger partial charge in [0.2, 0.25) is 0 Å². The number of hydrogen-bond donors (Lipinski definition) is 6. The standard InChI is InChI=1S/3C2H8N2.2H3O4P.3Zn/c3*3-1-2-4;2*1-5(2,3)4;;;/h3*1-4H2;2*(H3,1,2,3,4);;;/q;;;;;3*+2/p-6. The van der Waals surface area contributed by atoms with Crippen molar-refractivity contribution in [3.63, 3.8) is 0 Å². The zero-order chi connectivity index (χ0) is 19.2. The van der Waals surface area contributed by atoms with Crippen molar-refractivity contribution in [2.45, 2.75) is 0 Å². The van der Waals surface area contributed by atoms with Gasteiger partial charge in [0.15, 0.2) is 0 Å². The van der Waals surface area contributed by atoms with E-state index in [0.29, 0.717) is 39.3 Å². The van der Waals surface area contributed by atoms with E-state index >= 15 is 0 Å². The third-order valence-electron chi connectivity index (χ3n) is 0.500. The summed E-state index contributed by atoms with van der Waals surface area (Å²) in [5.74, 6) is 0. The number of nitrogens with two attached hydrogens (primary N) is 6. The molecule has 0 aromatic heterocycles. The van der Waals surface area contributed by atoms with Crippen molar-refractivity contribution < 1.29 is 96.9 Å². The van der Waals surface area contributed by atoms with Gasteiger partial charge in [0.05, 0.1) is 0 Å². The van der Waals surface area contributed by atoms with Crippen LogP contribution in [0.5, 0.6) is 0 Å².